The van der Waals surface area contributed by atoms with Crippen molar-refractivity contribution < 1.29 is 9.53 Å². The van der Waals surface area contributed by atoms with Crippen LogP contribution in [-0.4, -0.2) is 22.3 Å². The number of carbonyl (C=O) groups is 1. The Bertz CT molecular complexity index is 907. The summed E-state index contributed by atoms with van der Waals surface area (Å²) in [5.41, 5.74) is 2.73. The van der Waals surface area contributed by atoms with E-state index in [1.165, 1.54) is 0 Å². The van der Waals surface area contributed by atoms with Crippen molar-refractivity contribution in [3.05, 3.63) is 80.8 Å². The highest BCUT2D eigenvalue weighted by molar-refractivity contribution is 7.09. The number of benzene rings is 2. The van der Waals surface area contributed by atoms with E-state index in [-0.39, 0.29) is 5.91 Å². The SMILES string of the molecule is CCCN(Cc1csc(COc2ccc(Cl)cc2)n1)C(=O)c1ccc(C)cc1. The van der Waals surface area contributed by atoms with Crippen molar-refractivity contribution in [1.29, 1.82) is 0 Å². The zero-order valence-electron chi connectivity index (χ0n) is 16.0. The highest BCUT2D eigenvalue weighted by Gasteiger charge is 2.17. The normalized spacial score (nSPS) is 10.7. The van der Waals surface area contributed by atoms with Gasteiger partial charge in [-0.25, -0.2) is 4.98 Å². The van der Waals surface area contributed by atoms with Crippen LogP contribution < -0.4 is 4.74 Å². The fraction of sp³-hybridized carbons (Fsp3) is 0.273. The summed E-state index contributed by atoms with van der Waals surface area (Å²) < 4.78 is 5.75. The highest BCUT2D eigenvalue weighted by atomic mass is 35.5. The van der Waals surface area contributed by atoms with Gasteiger partial charge in [-0.05, 0) is 49.7 Å². The fourth-order valence-electron chi connectivity index (χ4n) is 2.76. The lowest BCUT2D eigenvalue weighted by Crippen LogP contribution is -2.31. The second-order valence-corrected chi connectivity index (χ2v) is 7.95. The van der Waals surface area contributed by atoms with E-state index >= 15 is 0 Å². The molecule has 3 aromatic rings. The number of ether oxygens (including phenoxy) is 1. The van der Waals surface area contributed by atoms with Crippen molar-refractivity contribution in [2.75, 3.05) is 6.54 Å². The van der Waals surface area contributed by atoms with Crippen LogP contribution in [0.3, 0.4) is 0 Å². The number of carbonyl (C=O) groups excluding carboxylic acids is 1. The number of nitrogens with zero attached hydrogens (tertiary/aromatic N) is 2. The monoisotopic (exact) mass is 414 g/mol. The number of amides is 1. The van der Waals surface area contributed by atoms with E-state index in [2.05, 4.69) is 11.9 Å². The summed E-state index contributed by atoms with van der Waals surface area (Å²) in [7, 11) is 0. The summed E-state index contributed by atoms with van der Waals surface area (Å²) >= 11 is 7.43. The van der Waals surface area contributed by atoms with E-state index in [1.54, 1.807) is 23.5 Å². The Labute approximate surface area is 174 Å². The topological polar surface area (TPSA) is 42.4 Å². The molecule has 1 amide bonds. The number of hydrogen-bond acceptors (Lipinski definition) is 4. The molecule has 4 nitrogen and oxygen atoms in total. The lowest BCUT2D eigenvalue weighted by Gasteiger charge is -2.21. The number of hydrogen-bond donors (Lipinski definition) is 0. The van der Waals surface area contributed by atoms with Crippen LogP contribution in [0.4, 0.5) is 0 Å². The predicted molar refractivity (Wildman–Crippen MR) is 114 cm³/mol. The second kappa shape index (κ2) is 9.71. The standard InChI is InChI=1S/C22H23ClN2O2S/c1-3-12-25(22(26)17-6-4-16(2)5-7-17)13-19-15-28-21(24-19)14-27-20-10-8-18(23)9-11-20/h4-11,15H,3,12-14H2,1-2H3. The molecule has 0 fully saturated rings. The minimum atomic E-state index is 0.0359. The Morgan fingerprint density at radius 2 is 1.86 bits per heavy atom. The number of halogens is 1. The Kier molecular flexibility index (Phi) is 7.06. The van der Waals surface area contributed by atoms with E-state index in [0.29, 0.717) is 30.3 Å². The van der Waals surface area contributed by atoms with Gasteiger partial charge >= 0.3 is 0 Å². The van der Waals surface area contributed by atoms with Gasteiger partial charge in [-0.2, -0.15) is 0 Å². The molecule has 1 heterocycles. The molecule has 0 N–H and O–H groups in total. The first-order valence-corrected chi connectivity index (χ1v) is 10.5. The largest absolute Gasteiger partial charge is 0.486 e. The van der Waals surface area contributed by atoms with E-state index in [4.69, 9.17) is 16.3 Å². The van der Waals surface area contributed by atoms with Crippen molar-refractivity contribution in [1.82, 2.24) is 9.88 Å². The summed E-state index contributed by atoms with van der Waals surface area (Å²) in [6.45, 7) is 5.67. The lowest BCUT2D eigenvalue weighted by molar-refractivity contribution is 0.0741. The van der Waals surface area contributed by atoms with Gasteiger partial charge in [0.1, 0.15) is 17.4 Å². The number of thiazole rings is 1. The first-order chi connectivity index (χ1) is 13.5. The van der Waals surface area contributed by atoms with E-state index < -0.39 is 0 Å². The van der Waals surface area contributed by atoms with Gasteiger partial charge < -0.3 is 9.64 Å². The molecule has 0 atom stereocenters. The van der Waals surface area contributed by atoms with Crippen molar-refractivity contribution >= 4 is 28.8 Å². The van der Waals surface area contributed by atoms with E-state index in [9.17, 15) is 4.79 Å². The molecule has 0 bridgehead atoms. The Morgan fingerprint density at radius 3 is 2.54 bits per heavy atom. The van der Waals surface area contributed by atoms with Crippen LogP contribution in [0, 0.1) is 6.92 Å². The smallest absolute Gasteiger partial charge is 0.254 e. The quantitative estimate of drug-likeness (QED) is 0.472. The summed E-state index contributed by atoms with van der Waals surface area (Å²) in [5.74, 6) is 0.789. The summed E-state index contributed by atoms with van der Waals surface area (Å²) in [6.07, 6.45) is 0.897. The molecule has 0 saturated heterocycles. The van der Waals surface area contributed by atoms with Gasteiger partial charge in [0.05, 0.1) is 12.2 Å². The molecule has 0 radical (unpaired) electrons. The molecule has 0 aliphatic heterocycles. The third kappa shape index (κ3) is 5.57. The predicted octanol–water partition coefficient (Wildman–Crippen LogP) is 5.74. The molecular weight excluding hydrogens is 392 g/mol. The molecule has 3 rings (SSSR count). The zero-order chi connectivity index (χ0) is 19.9. The van der Waals surface area contributed by atoms with Gasteiger partial charge in [-0.1, -0.05) is 36.2 Å². The van der Waals surface area contributed by atoms with Gasteiger partial charge in [-0.15, -0.1) is 11.3 Å². The molecule has 0 spiro atoms. The van der Waals surface area contributed by atoms with Crippen LogP contribution in [0.15, 0.2) is 53.9 Å². The Hall–Kier alpha value is -2.37. The highest BCUT2D eigenvalue weighted by Crippen LogP contribution is 2.19. The number of aromatic nitrogens is 1. The van der Waals surface area contributed by atoms with Crippen LogP contribution in [0.1, 0.15) is 40.0 Å². The molecule has 1 aromatic heterocycles. The maximum atomic E-state index is 12.9. The van der Waals surface area contributed by atoms with E-state index in [0.717, 1.165) is 28.4 Å². The van der Waals surface area contributed by atoms with Crippen LogP contribution >= 0.6 is 22.9 Å². The average molecular weight is 415 g/mol. The van der Waals surface area contributed by atoms with Crippen LogP contribution in [0.5, 0.6) is 5.75 Å². The van der Waals surface area contributed by atoms with Crippen LogP contribution in [0.2, 0.25) is 5.02 Å². The maximum Gasteiger partial charge on any atom is 0.254 e. The van der Waals surface area contributed by atoms with E-state index in [1.807, 2.05) is 53.6 Å². The molecule has 0 aliphatic rings. The molecule has 2 aromatic carbocycles. The fourth-order valence-corrected chi connectivity index (χ4v) is 3.58. The molecule has 146 valence electrons. The Balaban J connectivity index is 1.62. The summed E-state index contributed by atoms with van der Waals surface area (Å²) in [4.78, 5) is 19.3. The van der Waals surface area contributed by atoms with Gasteiger partial charge in [0, 0.05) is 22.5 Å². The summed E-state index contributed by atoms with van der Waals surface area (Å²) in [5, 5.41) is 3.55. The van der Waals surface area contributed by atoms with Crippen LogP contribution in [-0.2, 0) is 13.2 Å². The van der Waals surface area contributed by atoms with Crippen molar-refractivity contribution in [2.45, 2.75) is 33.4 Å². The van der Waals surface area contributed by atoms with Crippen molar-refractivity contribution in [3.8, 4) is 5.75 Å². The van der Waals surface area contributed by atoms with Gasteiger partial charge in [0.25, 0.3) is 5.91 Å². The minimum absolute atomic E-state index is 0.0359. The second-order valence-electron chi connectivity index (χ2n) is 6.57. The lowest BCUT2D eigenvalue weighted by atomic mass is 10.1. The van der Waals surface area contributed by atoms with Gasteiger partial charge in [0.2, 0.25) is 0 Å². The molecule has 0 aliphatic carbocycles. The van der Waals surface area contributed by atoms with Gasteiger partial charge in [0.15, 0.2) is 0 Å². The van der Waals surface area contributed by atoms with Gasteiger partial charge in [-0.3, -0.25) is 4.79 Å². The Morgan fingerprint density at radius 1 is 1.14 bits per heavy atom. The number of aryl methyl sites for hydroxylation is 1. The molecule has 6 heteroatoms. The molecule has 28 heavy (non-hydrogen) atoms. The number of rotatable bonds is 8. The van der Waals surface area contributed by atoms with Crippen molar-refractivity contribution in [2.24, 2.45) is 0 Å². The first kappa shape index (κ1) is 20.4. The third-order valence-corrected chi connectivity index (χ3v) is 5.33. The zero-order valence-corrected chi connectivity index (χ0v) is 17.6. The molecule has 0 saturated carbocycles. The van der Waals surface area contributed by atoms with Crippen molar-refractivity contribution in [3.63, 3.8) is 0 Å². The summed E-state index contributed by atoms with van der Waals surface area (Å²) in [6, 6.07) is 14.9. The average Bonchev–Trinajstić information content (AvgIpc) is 3.15. The first-order valence-electron chi connectivity index (χ1n) is 9.22. The third-order valence-electron chi connectivity index (χ3n) is 4.21. The molecular formula is C22H23ClN2O2S. The minimum Gasteiger partial charge on any atom is -0.486 e. The molecule has 0 unspecified atom stereocenters. The van der Waals surface area contributed by atoms with Crippen LogP contribution in [0.25, 0.3) is 0 Å². The maximum absolute atomic E-state index is 12.9.